The van der Waals surface area contributed by atoms with Gasteiger partial charge in [-0.1, -0.05) is 6.07 Å². The number of nitrogens with one attached hydrogen (secondary N) is 2. The molecule has 3 aromatic rings. The first-order valence-electron chi connectivity index (χ1n) is 8.72. The van der Waals surface area contributed by atoms with Crippen LogP contribution in [0.5, 0.6) is 5.75 Å². The zero-order valence-electron chi connectivity index (χ0n) is 15.5. The fourth-order valence-corrected chi connectivity index (χ4v) is 2.50. The molecule has 2 aromatic carbocycles. The lowest BCUT2D eigenvalue weighted by atomic mass is 10.1. The first-order valence-corrected chi connectivity index (χ1v) is 8.72. The number of rotatable bonds is 7. The zero-order chi connectivity index (χ0) is 19.9. The van der Waals surface area contributed by atoms with Gasteiger partial charge in [0.05, 0.1) is 0 Å². The molecule has 0 bridgehead atoms. The normalized spacial score (nSPS) is 10.4. The van der Waals surface area contributed by atoms with Crippen molar-refractivity contribution in [3.63, 3.8) is 0 Å². The lowest BCUT2D eigenvalue weighted by Gasteiger charge is -2.09. The van der Waals surface area contributed by atoms with E-state index >= 15 is 0 Å². The van der Waals surface area contributed by atoms with E-state index in [-0.39, 0.29) is 18.4 Å². The number of hydrogen-bond donors (Lipinski definition) is 2. The van der Waals surface area contributed by atoms with Crippen LogP contribution >= 0.6 is 0 Å². The molecule has 144 valence electrons. The summed E-state index contributed by atoms with van der Waals surface area (Å²) in [5.41, 5.74) is 1.55. The Labute approximate surface area is 161 Å². The van der Waals surface area contributed by atoms with Gasteiger partial charge in [-0.05, 0) is 59.8 Å². The molecule has 0 saturated carbocycles. The molecule has 3 rings (SSSR count). The summed E-state index contributed by atoms with van der Waals surface area (Å²) < 4.78 is 7.34. The number of carbonyl (C=O) groups excluding carboxylic acids is 2. The predicted molar refractivity (Wildman–Crippen MR) is 102 cm³/mol. The van der Waals surface area contributed by atoms with Crippen molar-refractivity contribution in [3.05, 3.63) is 65.5 Å². The average Bonchev–Trinajstić information content (AvgIpc) is 3.20. The van der Waals surface area contributed by atoms with E-state index in [1.807, 2.05) is 6.92 Å². The molecule has 9 nitrogen and oxygen atoms in total. The summed E-state index contributed by atoms with van der Waals surface area (Å²) in [7, 11) is 1.57. The van der Waals surface area contributed by atoms with Crippen molar-refractivity contribution in [3.8, 4) is 5.75 Å². The second-order valence-corrected chi connectivity index (χ2v) is 5.84. The minimum absolute atomic E-state index is 0.183. The first-order chi connectivity index (χ1) is 13.6. The zero-order valence-corrected chi connectivity index (χ0v) is 15.5. The number of benzene rings is 2. The molecular weight excluding hydrogens is 360 g/mol. The van der Waals surface area contributed by atoms with E-state index in [0.717, 1.165) is 0 Å². The maximum atomic E-state index is 12.5. The molecule has 2 amide bonds. The monoisotopic (exact) mass is 380 g/mol. The summed E-state index contributed by atoms with van der Waals surface area (Å²) in [6.45, 7) is 2.78. The van der Waals surface area contributed by atoms with Crippen molar-refractivity contribution in [2.24, 2.45) is 0 Å². The van der Waals surface area contributed by atoms with Crippen LogP contribution in [0.1, 0.15) is 33.5 Å². The summed E-state index contributed by atoms with van der Waals surface area (Å²) in [5.74, 6) is 0.676. The van der Waals surface area contributed by atoms with Gasteiger partial charge in [0, 0.05) is 30.4 Å². The molecule has 0 aliphatic carbocycles. The number of amides is 2. The highest BCUT2D eigenvalue weighted by molar-refractivity contribution is 6.04. The molecule has 0 fully saturated rings. The number of carbonyl (C=O) groups is 2. The molecule has 1 heterocycles. The van der Waals surface area contributed by atoms with Gasteiger partial charge in [-0.15, -0.1) is 5.10 Å². The maximum Gasteiger partial charge on any atom is 0.255 e. The van der Waals surface area contributed by atoms with Crippen LogP contribution in [0.3, 0.4) is 0 Å². The van der Waals surface area contributed by atoms with Gasteiger partial charge < -0.3 is 15.4 Å². The smallest absolute Gasteiger partial charge is 0.255 e. The van der Waals surface area contributed by atoms with Gasteiger partial charge in [0.1, 0.15) is 12.4 Å². The van der Waals surface area contributed by atoms with Gasteiger partial charge in [-0.3, -0.25) is 9.59 Å². The van der Waals surface area contributed by atoms with Crippen molar-refractivity contribution < 1.29 is 14.3 Å². The van der Waals surface area contributed by atoms with Crippen LogP contribution in [0.15, 0.2) is 48.5 Å². The number of tetrazole rings is 1. The van der Waals surface area contributed by atoms with Gasteiger partial charge in [0.2, 0.25) is 0 Å². The minimum Gasteiger partial charge on any atom is -0.486 e. The Morgan fingerprint density at radius 2 is 1.86 bits per heavy atom. The van der Waals surface area contributed by atoms with Gasteiger partial charge in [0.25, 0.3) is 11.8 Å². The van der Waals surface area contributed by atoms with E-state index in [0.29, 0.717) is 34.9 Å². The third kappa shape index (κ3) is 4.50. The third-order valence-corrected chi connectivity index (χ3v) is 4.00. The standard InChI is InChI=1S/C19H20N6O3/c1-3-25-17(22-23-24-25)12-28-16-6-4-5-14(11-16)19(27)21-15-9-7-13(8-10-15)18(26)20-2/h4-11H,3,12H2,1-2H3,(H,20,26)(H,21,27). The summed E-state index contributed by atoms with van der Waals surface area (Å²) in [4.78, 5) is 24.1. The molecule has 28 heavy (non-hydrogen) atoms. The summed E-state index contributed by atoms with van der Waals surface area (Å²) in [6, 6.07) is 13.5. The SMILES string of the molecule is CCn1nnnc1COc1cccc(C(=O)Nc2ccc(C(=O)NC)cc2)c1. The van der Waals surface area contributed by atoms with E-state index in [1.54, 1.807) is 60.3 Å². The van der Waals surface area contributed by atoms with E-state index in [2.05, 4.69) is 26.2 Å². The number of aryl methyl sites for hydroxylation is 1. The van der Waals surface area contributed by atoms with Crippen LogP contribution in [0, 0.1) is 0 Å². The predicted octanol–water partition coefficient (Wildman–Crippen LogP) is 1.88. The van der Waals surface area contributed by atoms with E-state index in [1.165, 1.54) is 0 Å². The minimum atomic E-state index is -0.281. The third-order valence-electron chi connectivity index (χ3n) is 4.00. The van der Waals surface area contributed by atoms with Crippen molar-refractivity contribution >= 4 is 17.5 Å². The Balaban J connectivity index is 1.64. The van der Waals surface area contributed by atoms with E-state index in [9.17, 15) is 9.59 Å². The number of aromatic nitrogens is 4. The second-order valence-electron chi connectivity index (χ2n) is 5.84. The summed E-state index contributed by atoms with van der Waals surface area (Å²) in [6.07, 6.45) is 0. The topological polar surface area (TPSA) is 111 Å². The number of anilines is 1. The van der Waals surface area contributed by atoms with E-state index < -0.39 is 0 Å². The van der Waals surface area contributed by atoms with Crippen LogP contribution in [-0.4, -0.2) is 39.1 Å². The summed E-state index contributed by atoms with van der Waals surface area (Å²) >= 11 is 0. The maximum absolute atomic E-state index is 12.5. The number of nitrogens with zero attached hydrogens (tertiary/aromatic N) is 4. The molecule has 0 radical (unpaired) electrons. The Morgan fingerprint density at radius 1 is 1.07 bits per heavy atom. The Bertz CT molecular complexity index is 968. The summed E-state index contributed by atoms with van der Waals surface area (Å²) in [5, 5.41) is 16.7. The lowest BCUT2D eigenvalue weighted by Crippen LogP contribution is -2.17. The van der Waals surface area contributed by atoms with Crippen molar-refractivity contribution in [2.75, 3.05) is 12.4 Å². The first kappa shape index (κ1) is 19.0. The molecule has 0 aliphatic rings. The molecule has 0 atom stereocenters. The molecule has 2 N–H and O–H groups in total. The lowest BCUT2D eigenvalue weighted by molar-refractivity contribution is 0.0962. The van der Waals surface area contributed by atoms with Crippen molar-refractivity contribution in [1.82, 2.24) is 25.5 Å². The number of hydrogen-bond acceptors (Lipinski definition) is 6. The van der Waals surface area contributed by atoms with Crippen LogP contribution in [0.2, 0.25) is 0 Å². The average molecular weight is 380 g/mol. The molecular formula is C19H20N6O3. The Kier molecular flexibility index (Phi) is 5.95. The second kappa shape index (κ2) is 8.76. The largest absolute Gasteiger partial charge is 0.486 e. The van der Waals surface area contributed by atoms with Crippen LogP contribution in [-0.2, 0) is 13.2 Å². The van der Waals surface area contributed by atoms with Crippen molar-refractivity contribution in [2.45, 2.75) is 20.1 Å². The molecule has 9 heteroatoms. The van der Waals surface area contributed by atoms with Gasteiger partial charge in [0.15, 0.2) is 5.82 Å². The molecule has 0 aliphatic heterocycles. The van der Waals surface area contributed by atoms with Crippen LogP contribution in [0.4, 0.5) is 5.69 Å². The highest BCUT2D eigenvalue weighted by Gasteiger charge is 2.10. The Hall–Kier alpha value is -3.75. The highest BCUT2D eigenvalue weighted by Crippen LogP contribution is 2.17. The van der Waals surface area contributed by atoms with Crippen molar-refractivity contribution in [1.29, 1.82) is 0 Å². The fraction of sp³-hybridized carbons (Fsp3) is 0.211. The van der Waals surface area contributed by atoms with Crippen LogP contribution in [0.25, 0.3) is 0 Å². The van der Waals surface area contributed by atoms with Gasteiger partial charge in [-0.25, -0.2) is 4.68 Å². The van der Waals surface area contributed by atoms with Gasteiger partial charge >= 0.3 is 0 Å². The van der Waals surface area contributed by atoms with Gasteiger partial charge in [-0.2, -0.15) is 0 Å². The number of ether oxygens (including phenoxy) is 1. The van der Waals surface area contributed by atoms with Crippen LogP contribution < -0.4 is 15.4 Å². The molecule has 0 spiro atoms. The van der Waals surface area contributed by atoms with E-state index in [4.69, 9.17) is 4.74 Å². The fourth-order valence-electron chi connectivity index (χ4n) is 2.50. The molecule has 1 aromatic heterocycles. The molecule has 0 saturated heterocycles. The quantitative estimate of drug-likeness (QED) is 0.647. The highest BCUT2D eigenvalue weighted by atomic mass is 16.5. The Morgan fingerprint density at radius 3 is 2.57 bits per heavy atom. The molecule has 0 unspecified atom stereocenters.